The van der Waals surface area contributed by atoms with Crippen molar-refractivity contribution in [3.05, 3.63) is 41.8 Å². The van der Waals surface area contributed by atoms with Gasteiger partial charge in [0, 0.05) is 17.3 Å². The van der Waals surface area contributed by atoms with Gasteiger partial charge in [0.15, 0.2) is 11.6 Å². The molecule has 0 aliphatic heterocycles. The molecule has 0 atom stereocenters. The predicted molar refractivity (Wildman–Crippen MR) is 67.6 cm³/mol. The smallest absolute Gasteiger partial charge is 0.339 e. The van der Waals surface area contributed by atoms with E-state index in [1.807, 2.05) is 0 Å². The molecule has 0 saturated heterocycles. The number of pyridine rings is 1. The predicted octanol–water partition coefficient (Wildman–Crippen LogP) is 2.18. The molecule has 0 fully saturated rings. The first-order valence-electron chi connectivity index (χ1n) is 5.36. The van der Waals surface area contributed by atoms with Crippen LogP contribution < -0.4 is 10.5 Å². The molecule has 1 aromatic carbocycles. The highest BCUT2D eigenvalue weighted by atomic mass is 19.1. The van der Waals surface area contributed by atoms with Crippen LogP contribution >= 0.6 is 0 Å². The normalized spacial score (nSPS) is 10.2. The fraction of sp³-hybridized carbons (Fsp3) is 0.0769. The lowest BCUT2D eigenvalue weighted by Gasteiger charge is -2.08. The summed E-state index contributed by atoms with van der Waals surface area (Å²) in [5.74, 6) is -1.83. The summed E-state index contributed by atoms with van der Waals surface area (Å²) >= 11 is 0. The molecular formula is C13H11FN2O3. The molecule has 98 valence electrons. The van der Waals surface area contributed by atoms with E-state index in [1.54, 1.807) is 6.07 Å². The second-order valence-corrected chi connectivity index (χ2v) is 3.78. The summed E-state index contributed by atoms with van der Waals surface area (Å²) in [5, 5.41) is 8.97. The number of nitrogens with zero attached hydrogens (tertiary/aromatic N) is 1. The van der Waals surface area contributed by atoms with Gasteiger partial charge in [0.25, 0.3) is 0 Å². The number of rotatable bonds is 3. The zero-order chi connectivity index (χ0) is 14.0. The van der Waals surface area contributed by atoms with E-state index < -0.39 is 11.8 Å². The maximum Gasteiger partial charge on any atom is 0.339 e. The Morgan fingerprint density at radius 1 is 1.47 bits per heavy atom. The van der Waals surface area contributed by atoms with E-state index in [0.717, 1.165) is 0 Å². The van der Waals surface area contributed by atoms with Crippen LogP contribution in [0.2, 0.25) is 0 Å². The number of nitrogens with two attached hydrogens (primary N) is 1. The van der Waals surface area contributed by atoms with E-state index in [-0.39, 0.29) is 22.7 Å². The van der Waals surface area contributed by atoms with Crippen molar-refractivity contribution in [1.29, 1.82) is 0 Å². The van der Waals surface area contributed by atoms with E-state index in [9.17, 15) is 9.18 Å². The number of carbonyl (C=O) groups is 1. The Kier molecular flexibility index (Phi) is 3.33. The fourth-order valence-electron chi connectivity index (χ4n) is 1.69. The summed E-state index contributed by atoms with van der Waals surface area (Å²) in [6.07, 6.45) is 1.32. The maximum atomic E-state index is 14.1. The fourth-order valence-corrected chi connectivity index (χ4v) is 1.69. The van der Waals surface area contributed by atoms with Gasteiger partial charge in [-0.05, 0) is 12.1 Å². The molecule has 0 saturated carbocycles. The molecule has 19 heavy (non-hydrogen) atoms. The van der Waals surface area contributed by atoms with Crippen LogP contribution in [-0.2, 0) is 0 Å². The monoisotopic (exact) mass is 262 g/mol. The number of anilines is 1. The van der Waals surface area contributed by atoms with Crippen LogP contribution in [0, 0.1) is 5.82 Å². The SMILES string of the molecule is COc1cccc(-c2cnc(N)c(C(=O)O)c2)c1F. The van der Waals surface area contributed by atoms with Gasteiger partial charge in [-0.2, -0.15) is 0 Å². The molecule has 0 bridgehead atoms. The largest absolute Gasteiger partial charge is 0.494 e. The standard InChI is InChI=1S/C13H11FN2O3/c1-19-10-4-2-3-8(11(10)14)7-5-9(13(17)18)12(15)16-6-7/h2-6H,1H3,(H2,15,16)(H,17,18). The number of benzene rings is 1. The third kappa shape index (κ3) is 2.33. The number of halogens is 1. The molecule has 5 nitrogen and oxygen atoms in total. The number of carboxylic acid groups (broad SMARTS) is 1. The molecule has 0 unspecified atom stereocenters. The Morgan fingerprint density at radius 2 is 2.21 bits per heavy atom. The van der Waals surface area contributed by atoms with Crippen LogP contribution in [0.5, 0.6) is 5.75 Å². The number of methoxy groups -OCH3 is 1. The minimum Gasteiger partial charge on any atom is -0.494 e. The molecule has 3 N–H and O–H groups in total. The number of aromatic nitrogens is 1. The summed E-state index contributed by atoms with van der Waals surface area (Å²) in [6.45, 7) is 0. The van der Waals surface area contributed by atoms with Crippen molar-refractivity contribution in [3.8, 4) is 16.9 Å². The van der Waals surface area contributed by atoms with Gasteiger partial charge in [-0.3, -0.25) is 0 Å². The van der Waals surface area contributed by atoms with Crippen LogP contribution in [0.15, 0.2) is 30.5 Å². The summed E-state index contributed by atoms with van der Waals surface area (Å²) < 4.78 is 18.9. The summed E-state index contributed by atoms with van der Waals surface area (Å²) in [5.41, 5.74) is 5.81. The average molecular weight is 262 g/mol. The van der Waals surface area contributed by atoms with Crippen LogP contribution in [-0.4, -0.2) is 23.2 Å². The Labute approximate surface area is 108 Å². The lowest BCUT2D eigenvalue weighted by Crippen LogP contribution is -2.05. The van der Waals surface area contributed by atoms with Crippen molar-refractivity contribution in [2.75, 3.05) is 12.8 Å². The van der Waals surface area contributed by atoms with Crippen molar-refractivity contribution < 1.29 is 19.0 Å². The van der Waals surface area contributed by atoms with Crippen molar-refractivity contribution in [1.82, 2.24) is 4.98 Å². The summed E-state index contributed by atoms with van der Waals surface area (Å²) in [7, 11) is 1.35. The van der Waals surface area contributed by atoms with Crippen molar-refractivity contribution >= 4 is 11.8 Å². The number of nitrogen functional groups attached to an aromatic ring is 1. The van der Waals surface area contributed by atoms with Gasteiger partial charge in [0.05, 0.1) is 7.11 Å². The first kappa shape index (κ1) is 12.8. The minimum absolute atomic E-state index is 0.0752. The Morgan fingerprint density at radius 3 is 2.84 bits per heavy atom. The maximum absolute atomic E-state index is 14.1. The molecule has 0 radical (unpaired) electrons. The highest BCUT2D eigenvalue weighted by Gasteiger charge is 2.15. The third-order valence-corrected chi connectivity index (χ3v) is 2.64. The molecule has 2 rings (SSSR count). The quantitative estimate of drug-likeness (QED) is 0.885. The van der Waals surface area contributed by atoms with E-state index in [2.05, 4.69) is 4.98 Å². The van der Waals surface area contributed by atoms with Gasteiger partial charge in [-0.1, -0.05) is 12.1 Å². The Bertz CT molecular complexity index is 644. The van der Waals surface area contributed by atoms with Crippen molar-refractivity contribution in [2.45, 2.75) is 0 Å². The second-order valence-electron chi connectivity index (χ2n) is 3.78. The number of hydrogen-bond donors (Lipinski definition) is 2. The van der Waals surface area contributed by atoms with Gasteiger partial charge in [-0.25, -0.2) is 14.2 Å². The van der Waals surface area contributed by atoms with Gasteiger partial charge >= 0.3 is 5.97 Å². The van der Waals surface area contributed by atoms with E-state index in [1.165, 1.54) is 31.5 Å². The molecule has 1 aromatic heterocycles. The molecule has 6 heteroatoms. The lowest BCUT2D eigenvalue weighted by molar-refractivity contribution is 0.0697. The van der Waals surface area contributed by atoms with E-state index in [4.69, 9.17) is 15.6 Å². The minimum atomic E-state index is -1.21. The number of carboxylic acids is 1. The molecule has 2 aromatic rings. The van der Waals surface area contributed by atoms with Crippen molar-refractivity contribution in [2.24, 2.45) is 0 Å². The van der Waals surface area contributed by atoms with Gasteiger partial charge in [0.2, 0.25) is 0 Å². The van der Waals surface area contributed by atoms with Gasteiger partial charge in [-0.15, -0.1) is 0 Å². The highest BCUT2D eigenvalue weighted by molar-refractivity contribution is 5.94. The molecular weight excluding hydrogens is 251 g/mol. The molecule has 0 aliphatic rings. The molecule has 0 spiro atoms. The third-order valence-electron chi connectivity index (χ3n) is 2.64. The van der Waals surface area contributed by atoms with Crippen molar-refractivity contribution in [3.63, 3.8) is 0 Å². The summed E-state index contributed by atoms with van der Waals surface area (Å²) in [6, 6.07) is 5.87. The van der Waals surface area contributed by atoms with Crippen LogP contribution in [0.3, 0.4) is 0 Å². The Hall–Kier alpha value is -2.63. The topological polar surface area (TPSA) is 85.4 Å². The Balaban J connectivity index is 2.60. The van der Waals surface area contributed by atoms with Crippen LogP contribution in [0.1, 0.15) is 10.4 Å². The molecule has 0 amide bonds. The van der Waals surface area contributed by atoms with E-state index in [0.29, 0.717) is 5.56 Å². The number of ether oxygens (including phenoxy) is 1. The molecule has 0 aliphatic carbocycles. The summed E-state index contributed by atoms with van der Waals surface area (Å²) in [4.78, 5) is 14.7. The molecule has 1 heterocycles. The first-order valence-corrected chi connectivity index (χ1v) is 5.36. The van der Waals surface area contributed by atoms with E-state index >= 15 is 0 Å². The second kappa shape index (κ2) is 4.93. The number of hydrogen-bond acceptors (Lipinski definition) is 4. The average Bonchev–Trinajstić information content (AvgIpc) is 2.39. The van der Waals surface area contributed by atoms with Crippen LogP contribution in [0.25, 0.3) is 11.1 Å². The first-order chi connectivity index (χ1) is 9.04. The van der Waals surface area contributed by atoms with Gasteiger partial charge in [0.1, 0.15) is 11.4 Å². The zero-order valence-corrected chi connectivity index (χ0v) is 10.1. The van der Waals surface area contributed by atoms with Crippen LogP contribution in [0.4, 0.5) is 10.2 Å². The van der Waals surface area contributed by atoms with Gasteiger partial charge < -0.3 is 15.6 Å². The highest BCUT2D eigenvalue weighted by Crippen LogP contribution is 2.29. The lowest BCUT2D eigenvalue weighted by atomic mass is 10.0. The zero-order valence-electron chi connectivity index (χ0n) is 10.1. The number of aromatic carboxylic acids is 1.